The van der Waals surface area contributed by atoms with E-state index in [2.05, 4.69) is 9.15 Å². The number of hydrogen-bond acceptors (Lipinski definition) is 2. The van der Waals surface area contributed by atoms with E-state index in [0.29, 0.717) is 17.0 Å². The molecule has 0 aromatic carbocycles. The van der Waals surface area contributed by atoms with Crippen molar-refractivity contribution in [2.75, 3.05) is 0 Å². The quantitative estimate of drug-likeness (QED) is 0.263. The van der Waals surface area contributed by atoms with Gasteiger partial charge in [-0.25, -0.2) is 0 Å². The van der Waals surface area contributed by atoms with E-state index < -0.39 is 0 Å². The molecule has 5 heteroatoms. The molecule has 0 spiro atoms. The predicted molar refractivity (Wildman–Crippen MR) is 25.0 cm³/mol. The van der Waals surface area contributed by atoms with E-state index in [1.807, 2.05) is 0 Å². The first-order chi connectivity index (χ1) is 2.50. The summed E-state index contributed by atoms with van der Waals surface area (Å²) in [4.78, 5) is 0. The van der Waals surface area contributed by atoms with Gasteiger partial charge in [0.05, 0.1) is 0 Å². The summed E-state index contributed by atoms with van der Waals surface area (Å²) >= 11 is 0. The zero-order valence-electron chi connectivity index (χ0n) is 2.68. The molecule has 2 nitrogen and oxygen atoms in total. The van der Waals surface area contributed by atoms with Gasteiger partial charge in [0.2, 0.25) is 18.1 Å². The molecule has 0 atom stereocenters. The van der Waals surface area contributed by atoms with Crippen LogP contribution in [0.4, 0.5) is 0 Å². The van der Waals surface area contributed by atoms with Gasteiger partial charge in [-0.15, -0.1) is 0 Å². The lowest BCUT2D eigenvalue weighted by molar-refractivity contribution is -0.0861. The molecule has 0 N–H and O–H groups in total. The van der Waals surface area contributed by atoms with Crippen LogP contribution in [0.2, 0.25) is 0 Å². The summed E-state index contributed by atoms with van der Waals surface area (Å²) in [6.45, 7) is 0. The van der Waals surface area contributed by atoms with Crippen LogP contribution in [0.25, 0.3) is 0 Å². The summed E-state index contributed by atoms with van der Waals surface area (Å²) in [7, 11) is 0.994. The van der Waals surface area contributed by atoms with Crippen LogP contribution in [0.5, 0.6) is 0 Å². The lowest BCUT2D eigenvalue weighted by Gasteiger charge is -1.84. The van der Waals surface area contributed by atoms with Gasteiger partial charge in [-0.05, 0) is 0 Å². The summed E-state index contributed by atoms with van der Waals surface area (Å²) in [5.41, 5.74) is 0. The summed E-state index contributed by atoms with van der Waals surface area (Å²) in [6.07, 6.45) is 0. The van der Waals surface area contributed by atoms with Crippen molar-refractivity contribution < 1.29 is 9.15 Å². The molecule has 0 radical (unpaired) electrons. The van der Waals surface area contributed by atoms with Crippen molar-refractivity contribution in [2.24, 2.45) is 0 Å². The van der Waals surface area contributed by atoms with Crippen molar-refractivity contribution >= 4 is 26.3 Å². The second-order valence-corrected chi connectivity index (χ2v) is 9.73. The molecule has 0 fully saturated rings. The first-order valence-corrected chi connectivity index (χ1v) is 8.41. The minimum absolute atomic E-state index is 0.0586. The summed E-state index contributed by atoms with van der Waals surface area (Å²) < 4.78 is 9.28. The molecule has 0 aliphatic carbocycles. The van der Waals surface area contributed by atoms with Gasteiger partial charge >= 0.3 is 0 Å². The molecule has 1 aliphatic heterocycles. The van der Waals surface area contributed by atoms with Gasteiger partial charge in [0, 0.05) is 8.13 Å². The Morgan fingerprint density at radius 2 is 2.60 bits per heavy atom. The van der Waals surface area contributed by atoms with Crippen LogP contribution >= 0.6 is 0 Å². The van der Waals surface area contributed by atoms with E-state index in [9.17, 15) is 0 Å². The van der Waals surface area contributed by atoms with E-state index in [1.165, 1.54) is 0 Å². The molecule has 0 aromatic heterocycles. The van der Waals surface area contributed by atoms with E-state index in [0.717, 1.165) is 0 Å². The lowest BCUT2D eigenvalue weighted by atomic mass is 14.9. The molecule has 1 rings (SSSR count). The molecule has 0 unspecified atom stereocenters. The highest BCUT2D eigenvalue weighted by Gasteiger charge is 1.87. The highest BCUT2D eigenvalue weighted by molar-refractivity contribution is 7.08. The van der Waals surface area contributed by atoms with Crippen molar-refractivity contribution in [3.05, 3.63) is 0 Å². The minimum atomic E-state index is -0.0586. The maximum absolute atomic E-state index is 4.66. The Labute approximate surface area is 36.2 Å². The fourth-order valence-corrected chi connectivity index (χ4v) is 5.30. The normalized spacial score (nSPS) is 24.0. The Balaban J connectivity index is 2.32. The third-order valence-corrected chi connectivity index (χ3v) is 6.92. The summed E-state index contributed by atoms with van der Waals surface area (Å²) in [5, 5.41) is 0. The van der Waals surface area contributed by atoms with Crippen LogP contribution in [0, 0.1) is 0 Å². The Morgan fingerprint density at radius 3 is 2.80 bits per heavy atom. The third kappa shape index (κ3) is 0.876. The summed E-state index contributed by atoms with van der Waals surface area (Å²) in [6, 6.07) is 0. The number of hydrogen-bond donors (Lipinski definition) is 0. The van der Waals surface area contributed by atoms with Gasteiger partial charge in [0.1, 0.15) is 0 Å². The second kappa shape index (κ2) is 1.75. The van der Waals surface area contributed by atoms with Crippen LogP contribution in [-0.4, -0.2) is 26.3 Å². The Bertz CT molecular complexity index is 42.9. The Kier molecular flexibility index (Phi) is 1.26. The Morgan fingerprint density at radius 1 is 1.60 bits per heavy atom. The Hall–Kier alpha value is 0.411. The van der Waals surface area contributed by atoms with Crippen LogP contribution < -0.4 is 0 Å². The molecule has 1 aliphatic rings. The lowest BCUT2D eigenvalue weighted by Crippen LogP contribution is -1.86. The van der Waals surface area contributed by atoms with Gasteiger partial charge in [-0.3, -0.25) is 4.58 Å². The predicted octanol–water partition coefficient (Wildman–Crippen LogP) is -2.35. The molecule has 0 saturated carbocycles. The molecular formula is H4O2Si3. The standard InChI is InChI=1S/H4O2Si3/c1-2-4-5-3-1/h3,5H,4H2. The highest BCUT2D eigenvalue weighted by Crippen LogP contribution is 1.68. The SMILES string of the molecule is O1O[SiH2][SiH]=[SiH]1. The van der Waals surface area contributed by atoms with Crippen LogP contribution in [0.3, 0.4) is 0 Å². The topological polar surface area (TPSA) is 18.5 Å². The van der Waals surface area contributed by atoms with Crippen LogP contribution in [0.1, 0.15) is 0 Å². The van der Waals surface area contributed by atoms with Crippen molar-refractivity contribution in [1.82, 2.24) is 0 Å². The average molecular weight is 120 g/mol. The monoisotopic (exact) mass is 120 g/mol. The van der Waals surface area contributed by atoms with Crippen molar-refractivity contribution in [3.8, 4) is 0 Å². The van der Waals surface area contributed by atoms with E-state index >= 15 is 0 Å². The first-order valence-electron chi connectivity index (χ1n) is 1.43. The fraction of sp³-hybridized carbons (Fsp3) is 0. The van der Waals surface area contributed by atoms with Crippen molar-refractivity contribution in [2.45, 2.75) is 0 Å². The van der Waals surface area contributed by atoms with Gasteiger partial charge in [0.25, 0.3) is 0 Å². The largest absolute Gasteiger partial charge is 0.432 e. The van der Waals surface area contributed by atoms with Crippen molar-refractivity contribution in [1.29, 1.82) is 0 Å². The van der Waals surface area contributed by atoms with Crippen molar-refractivity contribution in [3.63, 3.8) is 0 Å². The highest BCUT2D eigenvalue weighted by atomic mass is 29.4. The molecule has 28 valence electrons. The smallest absolute Gasteiger partial charge is 0.236 e. The van der Waals surface area contributed by atoms with E-state index in [1.54, 1.807) is 0 Å². The zero-order valence-corrected chi connectivity index (χ0v) is 6.40. The van der Waals surface area contributed by atoms with Gasteiger partial charge < -0.3 is 4.58 Å². The summed E-state index contributed by atoms with van der Waals surface area (Å²) in [5.74, 6) is 0. The molecule has 5 heavy (non-hydrogen) atoms. The van der Waals surface area contributed by atoms with E-state index in [4.69, 9.17) is 0 Å². The first kappa shape index (κ1) is 3.60. The molecule has 1 heterocycles. The fourth-order valence-electron chi connectivity index (χ4n) is 0.196. The molecule has 0 bridgehead atoms. The maximum Gasteiger partial charge on any atom is 0.236 e. The van der Waals surface area contributed by atoms with Crippen LogP contribution in [0.15, 0.2) is 0 Å². The van der Waals surface area contributed by atoms with Crippen LogP contribution in [-0.2, 0) is 9.15 Å². The maximum atomic E-state index is 4.66. The van der Waals surface area contributed by atoms with Gasteiger partial charge in [-0.2, -0.15) is 0 Å². The second-order valence-electron chi connectivity index (χ2n) is 0.753. The third-order valence-electron chi connectivity index (χ3n) is 0.384. The zero-order chi connectivity index (χ0) is 3.54. The molecular weight excluding hydrogens is 116 g/mol. The minimum Gasteiger partial charge on any atom is -0.432 e. The van der Waals surface area contributed by atoms with Gasteiger partial charge in [0.15, 0.2) is 0 Å². The average Bonchev–Trinajstić information content (AvgIpc) is 1.76. The molecule has 0 saturated heterocycles. The molecule has 0 aromatic rings. The molecule has 0 amide bonds. The van der Waals surface area contributed by atoms with E-state index in [-0.39, 0.29) is 9.28 Å². The van der Waals surface area contributed by atoms with Gasteiger partial charge in [-0.1, -0.05) is 0 Å². The number of rotatable bonds is 0.